The molecule has 0 saturated carbocycles. The summed E-state index contributed by atoms with van der Waals surface area (Å²) in [6.45, 7) is 5.24. The van der Waals surface area contributed by atoms with Crippen LogP contribution in [0.2, 0.25) is 0 Å². The van der Waals surface area contributed by atoms with Gasteiger partial charge >= 0.3 is 0 Å². The molecule has 0 aliphatic heterocycles. The Hall–Kier alpha value is -0.470. The number of sulfonamides is 1. The van der Waals surface area contributed by atoms with Crippen molar-refractivity contribution in [2.75, 3.05) is 13.7 Å². The lowest BCUT2D eigenvalue weighted by Crippen LogP contribution is -2.46. The summed E-state index contributed by atoms with van der Waals surface area (Å²) in [6, 6.07) is 3.18. The molecule has 2 N–H and O–H groups in total. The zero-order chi connectivity index (χ0) is 15.6. The highest BCUT2D eigenvalue weighted by atomic mass is 79.9. The number of hydrogen-bond acceptors (Lipinski definition) is 4. The van der Waals surface area contributed by atoms with Crippen LogP contribution in [-0.2, 0) is 21.4 Å². The van der Waals surface area contributed by atoms with Crippen molar-refractivity contribution < 1.29 is 18.3 Å². The number of aliphatic hydroxyl groups excluding tert-OH is 1. The molecule has 1 aromatic rings. The third-order valence-corrected chi connectivity index (χ3v) is 5.39. The average molecular weight is 366 g/mol. The van der Waals surface area contributed by atoms with Gasteiger partial charge in [0.05, 0.1) is 23.6 Å². The molecule has 0 saturated heterocycles. The first-order chi connectivity index (χ1) is 9.13. The summed E-state index contributed by atoms with van der Waals surface area (Å²) < 4.78 is 33.3. The second-order valence-electron chi connectivity index (χ2n) is 5.28. The molecule has 5 nitrogen and oxygen atoms in total. The van der Waals surface area contributed by atoms with Gasteiger partial charge in [-0.05, 0) is 44.0 Å². The number of halogens is 1. The van der Waals surface area contributed by atoms with E-state index in [9.17, 15) is 13.5 Å². The van der Waals surface area contributed by atoms with Crippen LogP contribution in [-0.4, -0.2) is 32.8 Å². The van der Waals surface area contributed by atoms with Crippen molar-refractivity contribution in [2.45, 2.75) is 37.8 Å². The maximum Gasteiger partial charge on any atom is 0.241 e. The third kappa shape index (κ3) is 4.26. The van der Waals surface area contributed by atoms with E-state index in [2.05, 4.69) is 20.7 Å². The molecule has 0 aliphatic rings. The van der Waals surface area contributed by atoms with Crippen molar-refractivity contribution in [3.05, 3.63) is 27.7 Å². The minimum atomic E-state index is -3.70. The van der Waals surface area contributed by atoms with Gasteiger partial charge in [0, 0.05) is 11.6 Å². The van der Waals surface area contributed by atoms with Crippen molar-refractivity contribution in [2.24, 2.45) is 0 Å². The lowest BCUT2D eigenvalue weighted by molar-refractivity contribution is 0.141. The van der Waals surface area contributed by atoms with Crippen LogP contribution in [0, 0.1) is 6.92 Å². The van der Waals surface area contributed by atoms with Crippen LogP contribution in [0.5, 0.6) is 0 Å². The Kier molecular flexibility index (Phi) is 5.74. The van der Waals surface area contributed by atoms with Gasteiger partial charge in [-0.3, -0.25) is 0 Å². The van der Waals surface area contributed by atoms with E-state index in [1.807, 2.05) is 0 Å². The highest BCUT2D eigenvalue weighted by molar-refractivity contribution is 9.10. The Labute approximate surface area is 128 Å². The highest BCUT2D eigenvalue weighted by Gasteiger charge is 2.28. The predicted octanol–water partition coefficient (Wildman–Crippen LogP) is 1.95. The molecule has 0 heterocycles. The number of nitrogens with one attached hydrogen (secondary N) is 1. The maximum atomic E-state index is 12.5. The molecule has 0 bridgehead atoms. The van der Waals surface area contributed by atoms with Crippen molar-refractivity contribution in [1.29, 1.82) is 0 Å². The van der Waals surface area contributed by atoms with Gasteiger partial charge in [0.25, 0.3) is 0 Å². The molecule has 0 atom stereocenters. The topological polar surface area (TPSA) is 75.6 Å². The molecular weight excluding hydrogens is 346 g/mol. The van der Waals surface area contributed by atoms with E-state index in [1.54, 1.807) is 26.8 Å². The number of methoxy groups -OCH3 is 1. The van der Waals surface area contributed by atoms with Gasteiger partial charge in [0.15, 0.2) is 0 Å². The Morgan fingerprint density at radius 1 is 1.40 bits per heavy atom. The molecule has 20 heavy (non-hydrogen) atoms. The smallest absolute Gasteiger partial charge is 0.241 e. The predicted molar refractivity (Wildman–Crippen MR) is 81.1 cm³/mol. The Morgan fingerprint density at radius 3 is 2.50 bits per heavy atom. The summed E-state index contributed by atoms with van der Waals surface area (Å²) in [5, 5.41) is 9.20. The molecule has 0 aromatic heterocycles. The van der Waals surface area contributed by atoms with Crippen LogP contribution in [0.4, 0.5) is 0 Å². The van der Waals surface area contributed by atoms with Crippen LogP contribution in [0.15, 0.2) is 21.5 Å². The first-order valence-electron chi connectivity index (χ1n) is 6.06. The lowest BCUT2D eigenvalue weighted by atomic mass is 10.1. The monoisotopic (exact) mass is 365 g/mol. The molecule has 0 aliphatic carbocycles. The molecular formula is C13H20BrNO4S. The van der Waals surface area contributed by atoms with Gasteiger partial charge in [-0.2, -0.15) is 0 Å². The largest absolute Gasteiger partial charge is 0.392 e. The average Bonchev–Trinajstić information content (AvgIpc) is 2.30. The summed E-state index contributed by atoms with van der Waals surface area (Å²) in [7, 11) is -2.18. The summed E-state index contributed by atoms with van der Waals surface area (Å²) in [5.74, 6) is 0. The maximum absolute atomic E-state index is 12.5. The summed E-state index contributed by atoms with van der Waals surface area (Å²) in [4.78, 5) is 0.153. The number of hydrogen-bond donors (Lipinski definition) is 2. The first kappa shape index (κ1) is 17.6. The summed E-state index contributed by atoms with van der Waals surface area (Å²) in [5.41, 5.74) is 0.414. The van der Waals surface area contributed by atoms with Gasteiger partial charge in [0.1, 0.15) is 0 Å². The number of aliphatic hydroxyl groups is 1. The second kappa shape index (κ2) is 6.53. The fourth-order valence-electron chi connectivity index (χ4n) is 1.89. The minimum absolute atomic E-state index is 0.153. The fraction of sp³-hybridized carbons (Fsp3) is 0.538. The molecule has 0 radical (unpaired) electrons. The standard InChI is InChI=1S/C13H20BrNO4S/c1-9-11(14)5-10(7-16)6-12(9)20(17,18)15-13(2,3)8-19-4/h5-6,15-16H,7-8H2,1-4H3. The number of ether oxygens (including phenoxy) is 1. The van der Waals surface area contributed by atoms with Gasteiger partial charge in [-0.25, -0.2) is 13.1 Å². The van der Waals surface area contributed by atoms with E-state index < -0.39 is 15.6 Å². The van der Waals surface area contributed by atoms with Gasteiger partial charge in [-0.15, -0.1) is 0 Å². The molecule has 1 rings (SSSR count). The Bertz CT molecular complexity index is 584. The van der Waals surface area contributed by atoms with Crippen molar-refractivity contribution in [1.82, 2.24) is 4.72 Å². The Balaban J connectivity index is 3.25. The zero-order valence-electron chi connectivity index (χ0n) is 12.0. The number of rotatable bonds is 6. The van der Waals surface area contributed by atoms with Crippen LogP contribution >= 0.6 is 15.9 Å². The van der Waals surface area contributed by atoms with Gasteiger partial charge in [0.2, 0.25) is 10.0 Å². The zero-order valence-corrected chi connectivity index (χ0v) is 14.4. The van der Waals surface area contributed by atoms with Crippen LogP contribution in [0.3, 0.4) is 0 Å². The van der Waals surface area contributed by atoms with Crippen LogP contribution < -0.4 is 4.72 Å². The molecule has 0 fully saturated rings. The van der Waals surface area contributed by atoms with E-state index in [0.29, 0.717) is 15.6 Å². The van der Waals surface area contributed by atoms with Crippen molar-refractivity contribution in [3.8, 4) is 0 Å². The molecule has 114 valence electrons. The first-order valence-corrected chi connectivity index (χ1v) is 8.33. The van der Waals surface area contributed by atoms with Crippen LogP contribution in [0.1, 0.15) is 25.0 Å². The molecule has 0 spiro atoms. The molecule has 1 aromatic carbocycles. The summed E-state index contributed by atoms with van der Waals surface area (Å²) >= 11 is 3.31. The lowest BCUT2D eigenvalue weighted by Gasteiger charge is -2.25. The normalized spacial score (nSPS) is 12.7. The minimum Gasteiger partial charge on any atom is -0.392 e. The van der Waals surface area contributed by atoms with E-state index >= 15 is 0 Å². The fourth-order valence-corrected chi connectivity index (χ4v) is 4.24. The molecule has 7 heteroatoms. The van der Waals surface area contributed by atoms with Gasteiger partial charge < -0.3 is 9.84 Å². The third-order valence-electron chi connectivity index (χ3n) is 2.74. The van der Waals surface area contributed by atoms with E-state index in [0.717, 1.165) is 0 Å². The van der Waals surface area contributed by atoms with E-state index in [-0.39, 0.29) is 18.1 Å². The SMILES string of the molecule is COCC(C)(C)NS(=O)(=O)c1cc(CO)cc(Br)c1C. The van der Waals surface area contributed by atoms with Crippen molar-refractivity contribution >= 4 is 26.0 Å². The number of benzene rings is 1. The second-order valence-corrected chi connectivity index (χ2v) is 7.79. The quantitative estimate of drug-likeness (QED) is 0.807. The molecule has 0 amide bonds. The van der Waals surface area contributed by atoms with Gasteiger partial charge in [-0.1, -0.05) is 15.9 Å². The molecule has 0 unspecified atom stereocenters. The highest BCUT2D eigenvalue weighted by Crippen LogP contribution is 2.26. The van der Waals surface area contributed by atoms with E-state index in [4.69, 9.17) is 4.74 Å². The van der Waals surface area contributed by atoms with E-state index in [1.165, 1.54) is 13.2 Å². The Morgan fingerprint density at radius 2 is 2.00 bits per heavy atom. The summed E-state index contributed by atoms with van der Waals surface area (Å²) in [6.07, 6.45) is 0. The van der Waals surface area contributed by atoms with Crippen LogP contribution in [0.25, 0.3) is 0 Å². The van der Waals surface area contributed by atoms with Crippen molar-refractivity contribution in [3.63, 3.8) is 0 Å².